The zero-order valence-electron chi connectivity index (χ0n) is 11.3. The fourth-order valence-electron chi connectivity index (χ4n) is 2.29. The molecule has 0 unspecified atom stereocenters. The van der Waals surface area contributed by atoms with Crippen molar-refractivity contribution in [3.05, 3.63) is 12.4 Å². The van der Waals surface area contributed by atoms with Crippen molar-refractivity contribution in [2.45, 2.75) is 32.7 Å². The van der Waals surface area contributed by atoms with Crippen molar-refractivity contribution in [2.75, 3.05) is 29.9 Å². The SMILES string of the molecule is CC(C)Nc1cc(N2CCC(CN)CC2)ncn1. The Kier molecular flexibility index (Phi) is 4.36. The van der Waals surface area contributed by atoms with Gasteiger partial charge in [-0.2, -0.15) is 0 Å². The molecule has 0 amide bonds. The van der Waals surface area contributed by atoms with Crippen LogP contribution in [0.25, 0.3) is 0 Å². The summed E-state index contributed by atoms with van der Waals surface area (Å²) in [7, 11) is 0. The van der Waals surface area contributed by atoms with Crippen LogP contribution in [0.4, 0.5) is 11.6 Å². The summed E-state index contributed by atoms with van der Waals surface area (Å²) in [5.74, 6) is 2.59. The molecule has 1 aromatic heterocycles. The highest BCUT2D eigenvalue weighted by molar-refractivity contribution is 5.48. The average Bonchev–Trinajstić information content (AvgIpc) is 2.38. The Hall–Kier alpha value is -1.36. The molecule has 0 aliphatic carbocycles. The maximum atomic E-state index is 5.71. The van der Waals surface area contributed by atoms with Gasteiger partial charge in [-0.1, -0.05) is 0 Å². The van der Waals surface area contributed by atoms with Gasteiger partial charge in [-0.05, 0) is 39.2 Å². The van der Waals surface area contributed by atoms with Crippen molar-refractivity contribution in [2.24, 2.45) is 11.7 Å². The molecule has 3 N–H and O–H groups in total. The Morgan fingerprint density at radius 2 is 2.11 bits per heavy atom. The first-order valence-electron chi connectivity index (χ1n) is 6.72. The van der Waals surface area contributed by atoms with Gasteiger partial charge in [0.05, 0.1) is 0 Å². The second-order valence-electron chi connectivity index (χ2n) is 5.23. The van der Waals surface area contributed by atoms with E-state index in [1.165, 1.54) is 0 Å². The Bertz CT molecular complexity index is 371. The summed E-state index contributed by atoms with van der Waals surface area (Å²) in [5.41, 5.74) is 5.71. The summed E-state index contributed by atoms with van der Waals surface area (Å²) < 4.78 is 0. The smallest absolute Gasteiger partial charge is 0.134 e. The standard InChI is InChI=1S/C13H23N5/c1-10(2)17-12-7-13(16-9-15-12)18-5-3-11(8-14)4-6-18/h7,9-11H,3-6,8,14H2,1-2H3,(H,15,16,17). The molecule has 1 saturated heterocycles. The van der Waals surface area contributed by atoms with Gasteiger partial charge in [-0.3, -0.25) is 0 Å². The lowest BCUT2D eigenvalue weighted by Gasteiger charge is -2.32. The largest absolute Gasteiger partial charge is 0.368 e. The molecule has 1 aliphatic heterocycles. The van der Waals surface area contributed by atoms with Crippen molar-refractivity contribution in [3.8, 4) is 0 Å². The van der Waals surface area contributed by atoms with E-state index in [0.717, 1.165) is 44.1 Å². The van der Waals surface area contributed by atoms with Crippen molar-refractivity contribution < 1.29 is 0 Å². The Balaban J connectivity index is 2.00. The molecule has 1 aliphatic rings. The highest BCUT2D eigenvalue weighted by Crippen LogP contribution is 2.22. The molecular weight excluding hydrogens is 226 g/mol. The van der Waals surface area contributed by atoms with Crippen LogP contribution in [0.3, 0.4) is 0 Å². The lowest BCUT2D eigenvalue weighted by atomic mass is 9.97. The molecule has 18 heavy (non-hydrogen) atoms. The lowest BCUT2D eigenvalue weighted by Crippen LogP contribution is -2.36. The predicted molar refractivity (Wildman–Crippen MR) is 74.8 cm³/mol. The molecule has 100 valence electrons. The van der Waals surface area contributed by atoms with Gasteiger partial charge in [0.1, 0.15) is 18.0 Å². The van der Waals surface area contributed by atoms with E-state index in [1.54, 1.807) is 6.33 Å². The van der Waals surface area contributed by atoms with E-state index in [4.69, 9.17) is 5.73 Å². The maximum Gasteiger partial charge on any atom is 0.134 e. The molecule has 0 radical (unpaired) electrons. The number of rotatable bonds is 4. The minimum atomic E-state index is 0.385. The van der Waals surface area contributed by atoms with Crippen LogP contribution in [0.5, 0.6) is 0 Å². The van der Waals surface area contributed by atoms with Crippen LogP contribution in [0.2, 0.25) is 0 Å². The van der Waals surface area contributed by atoms with E-state index >= 15 is 0 Å². The quantitative estimate of drug-likeness (QED) is 0.846. The first kappa shape index (κ1) is 13.1. The third-order valence-corrected chi connectivity index (χ3v) is 3.36. The molecule has 1 fully saturated rings. The van der Waals surface area contributed by atoms with E-state index in [0.29, 0.717) is 12.0 Å². The summed E-state index contributed by atoms with van der Waals surface area (Å²) in [6, 6.07) is 2.42. The molecule has 2 heterocycles. The predicted octanol–water partition coefficient (Wildman–Crippen LogP) is 1.47. The zero-order valence-corrected chi connectivity index (χ0v) is 11.3. The van der Waals surface area contributed by atoms with Crippen LogP contribution >= 0.6 is 0 Å². The van der Waals surface area contributed by atoms with Crippen LogP contribution in [0.15, 0.2) is 12.4 Å². The van der Waals surface area contributed by atoms with Crippen molar-refractivity contribution in [1.29, 1.82) is 0 Å². The molecule has 0 bridgehead atoms. The van der Waals surface area contributed by atoms with E-state index in [9.17, 15) is 0 Å². The Labute approximate surface area is 109 Å². The first-order chi connectivity index (χ1) is 8.69. The number of anilines is 2. The minimum Gasteiger partial charge on any atom is -0.368 e. The fourth-order valence-corrected chi connectivity index (χ4v) is 2.29. The summed E-state index contributed by atoms with van der Waals surface area (Å²) in [4.78, 5) is 10.9. The maximum absolute atomic E-state index is 5.71. The number of nitrogens with one attached hydrogen (secondary N) is 1. The number of piperidine rings is 1. The molecule has 2 rings (SSSR count). The van der Waals surface area contributed by atoms with Crippen molar-refractivity contribution in [3.63, 3.8) is 0 Å². The summed E-state index contributed by atoms with van der Waals surface area (Å²) in [5, 5.41) is 3.31. The van der Waals surface area contributed by atoms with E-state index in [-0.39, 0.29) is 0 Å². The summed E-state index contributed by atoms with van der Waals surface area (Å²) in [6.45, 7) is 7.10. The number of hydrogen-bond acceptors (Lipinski definition) is 5. The van der Waals surface area contributed by atoms with Crippen molar-refractivity contribution in [1.82, 2.24) is 9.97 Å². The topological polar surface area (TPSA) is 67.1 Å². The van der Waals surface area contributed by atoms with Crippen LogP contribution < -0.4 is 16.0 Å². The normalized spacial score (nSPS) is 17.2. The summed E-state index contributed by atoms with van der Waals surface area (Å²) in [6.07, 6.45) is 3.95. The highest BCUT2D eigenvalue weighted by Gasteiger charge is 2.19. The monoisotopic (exact) mass is 249 g/mol. The molecule has 5 heteroatoms. The van der Waals surface area contributed by atoms with Gasteiger partial charge in [-0.25, -0.2) is 9.97 Å². The van der Waals surface area contributed by atoms with Gasteiger partial charge in [0.15, 0.2) is 0 Å². The van der Waals surface area contributed by atoms with Gasteiger partial charge in [0.2, 0.25) is 0 Å². The zero-order chi connectivity index (χ0) is 13.0. The minimum absolute atomic E-state index is 0.385. The first-order valence-corrected chi connectivity index (χ1v) is 6.72. The van der Waals surface area contributed by atoms with Gasteiger partial charge in [-0.15, -0.1) is 0 Å². The van der Waals surface area contributed by atoms with Crippen LogP contribution in [0.1, 0.15) is 26.7 Å². The van der Waals surface area contributed by atoms with Crippen LogP contribution in [-0.2, 0) is 0 Å². The van der Waals surface area contributed by atoms with E-state index in [2.05, 4.69) is 34.0 Å². The van der Waals surface area contributed by atoms with Crippen molar-refractivity contribution >= 4 is 11.6 Å². The van der Waals surface area contributed by atoms with E-state index < -0.39 is 0 Å². The third-order valence-electron chi connectivity index (χ3n) is 3.36. The molecule has 0 spiro atoms. The lowest BCUT2D eigenvalue weighted by molar-refractivity contribution is 0.413. The van der Waals surface area contributed by atoms with E-state index in [1.807, 2.05) is 6.07 Å². The average molecular weight is 249 g/mol. The Morgan fingerprint density at radius 3 is 2.72 bits per heavy atom. The fraction of sp³-hybridized carbons (Fsp3) is 0.692. The molecule has 5 nitrogen and oxygen atoms in total. The number of nitrogens with zero attached hydrogens (tertiary/aromatic N) is 3. The third kappa shape index (κ3) is 3.32. The molecular formula is C13H23N5. The molecule has 0 atom stereocenters. The molecule has 0 saturated carbocycles. The van der Waals surface area contributed by atoms with Gasteiger partial charge in [0, 0.05) is 25.2 Å². The second kappa shape index (κ2) is 6.00. The van der Waals surface area contributed by atoms with Gasteiger partial charge in [0.25, 0.3) is 0 Å². The molecule has 0 aromatic carbocycles. The van der Waals surface area contributed by atoms with Crippen LogP contribution in [0, 0.1) is 5.92 Å². The van der Waals surface area contributed by atoms with Crippen LogP contribution in [-0.4, -0.2) is 35.6 Å². The van der Waals surface area contributed by atoms with Gasteiger partial charge < -0.3 is 16.0 Å². The van der Waals surface area contributed by atoms with Gasteiger partial charge >= 0.3 is 0 Å². The highest BCUT2D eigenvalue weighted by atomic mass is 15.2. The Morgan fingerprint density at radius 1 is 1.39 bits per heavy atom. The second-order valence-corrected chi connectivity index (χ2v) is 5.23. The number of hydrogen-bond donors (Lipinski definition) is 2. The molecule has 1 aromatic rings. The number of aromatic nitrogens is 2. The number of nitrogens with two attached hydrogens (primary N) is 1. The summed E-state index contributed by atoms with van der Waals surface area (Å²) >= 11 is 0.